The van der Waals surface area contributed by atoms with Gasteiger partial charge in [0.15, 0.2) is 11.6 Å². The Labute approximate surface area is 99.5 Å². The minimum absolute atomic E-state index is 0.0639. The first-order chi connectivity index (χ1) is 8.19. The lowest BCUT2D eigenvalue weighted by Crippen LogP contribution is -2.34. The van der Waals surface area contributed by atoms with Gasteiger partial charge in [-0.15, -0.1) is 0 Å². The Balaban J connectivity index is 2.00. The Morgan fingerprint density at radius 3 is 2.88 bits per heavy atom. The summed E-state index contributed by atoms with van der Waals surface area (Å²) in [6, 6.07) is 6.23. The van der Waals surface area contributed by atoms with Crippen molar-refractivity contribution < 1.29 is 8.78 Å². The van der Waals surface area contributed by atoms with Gasteiger partial charge in [0.2, 0.25) is 0 Å². The molecule has 0 amide bonds. The van der Waals surface area contributed by atoms with E-state index in [-0.39, 0.29) is 5.92 Å². The van der Waals surface area contributed by atoms with E-state index in [4.69, 9.17) is 5.26 Å². The Morgan fingerprint density at radius 1 is 1.35 bits per heavy atom. The second kappa shape index (κ2) is 5.24. The number of halogens is 2. The number of nitriles is 1. The van der Waals surface area contributed by atoms with Gasteiger partial charge in [-0.3, -0.25) is 4.90 Å². The molecule has 1 fully saturated rings. The van der Waals surface area contributed by atoms with Crippen LogP contribution in [0.5, 0.6) is 0 Å². The Bertz CT molecular complexity index is 440. The highest BCUT2D eigenvalue weighted by atomic mass is 19.2. The molecule has 17 heavy (non-hydrogen) atoms. The Hall–Kier alpha value is -1.47. The van der Waals surface area contributed by atoms with Crippen molar-refractivity contribution in [1.29, 1.82) is 5.26 Å². The summed E-state index contributed by atoms with van der Waals surface area (Å²) >= 11 is 0. The highest BCUT2D eigenvalue weighted by Gasteiger charge is 2.19. The maximum Gasteiger partial charge on any atom is 0.159 e. The minimum atomic E-state index is -0.817. The zero-order valence-electron chi connectivity index (χ0n) is 9.50. The summed E-state index contributed by atoms with van der Waals surface area (Å²) in [4.78, 5) is 2.12. The molecule has 0 saturated carbocycles. The highest BCUT2D eigenvalue weighted by molar-refractivity contribution is 5.17. The SMILES string of the molecule is N#CC1CCCN(Cc2ccc(F)c(F)c2)C1. The maximum atomic E-state index is 13.0. The van der Waals surface area contributed by atoms with E-state index in [1.807, 2.05) is 0 Å². The number of hydrogen-bond acceptors (Lipinski definition) is 2. The van der Waals surface area contributed by atoms with Crippen LogP contribution in [0.15, 0.2) is 18.2 Å². The average Bonchev–Trinajstić information content (AvgIpc) is 2.34. The van der Waals surface area contributed by atoms with Gasteiger partial charge < -0.3 is 0 Å². The van der Waals surface area contributed by atoms with Gasteiger partial charge in [-0.2, -0.15) is 5.26 Å². The van der Waals surface area contributed by atoms with Crippen molar-refractivity contribution in [3.63, 3.8) is 0 Å². The second-order valence-electron chi connectivity index (χ2n) is 4.45. The third-order valence-corrected chi connectivity index (χ3v) is 3.08. The van der Waals surface area contributed by atoms with Crippen LogP contribution in [0.1, 0.15) is 18.4 Å². The van der Waals surface area contributed by atoms with Crippen LogP contribution < -0.4 is 0 Å². The summed E-state index contributed by atoms with van der Waals surface area (Å²) in [6.45, 7) is 2.21. The van der Waals surface area contributed by atoms with E-state index in [0.29, 0.717) is 6.54 Å². The lowest BCUT2D eigenvalue weighted by Gasteiger charge is -2.29. The molecule has 1 aromatic carbocycles. The summed E-state index contributed by atoms with van der Waals surface area (Å²) in [5.41, 5.74) is 0.752. The van der Waals surface area contributed by atoms with Crippen LogP contribution in [0.3, 0.4) is 0 Å². The van der Waals surface area contributed by atoms with Crippen molar-refractivity contribution in [2.24, 2.45) is 5.92 Å². The van der Waals surface area contributed by atoms with Crippen LogP contribution in [0.25, 0.3) is 0 Å². The van der Waals surface area contributed by atoms with Gasteiger partial charge in [0.1, 0.15) is 0 Å². The van der Waals surface area contributed by atoms with Gasteiger partial charge in [-0.1, -0.05) is 6.07 Å². The van der Waals surface area contributed by atoms with Crippen LogP contribution in [0, 0.1) is 28.9 Å². The van der Waals surface area contributed by atoms with E-state index in [0.717, 1.165) is 37.6 Å². The van der Waals surface area contributed by atoms with E-state index in [9.17, 15) is 8.78 Å². The van der Waals surface area contributed by atoms with E-state index in [1.165, 1.54) is 6.07 Å². The van der Waals surface area contributed by atoms with E-state index in [1.54, 1.807) is 6.07 Å². The van der Waals surface area contributed by atoms with Crippen LogP contribution in [-0.2, 0) is 6.54 Å². The van der Waals surface area contributed by atoms with Gasteiger partial charge in [0.05, 0.1) is 12.0 Å². The lowest BCUT2D eigenvalue weighted by atomic mass is 9.99. The molecular weight excluding hydrogens is 222 g/mol. The Kier molecular flexibility index (Phi) is 3.70. The average molecular weight is 236 g/mol. The van der Waals surface area contributed by atoms with Crippen LogP contribution >= 0.6 is 0 Å². The summed E-state index contributed by atoms with van der Waals surface area (Å²) in [6.07, 6.45) is 1.92. The van der Waals surface area contributed by atoms with Gasteiger partial charge in [-0.05, 0) is 37.1 Å². The van der Waals surface area contributed by atoms with Gasteiger partial charge >= 0.3 is 0 Å². The van der Waals surface area contributed by atoms with Crippen molar-refractivity contribution >= 4 is 0 Å². The molecule has 0 radical (unpaired) electrons. The topological polar surface area (TPSA) is 27.0 Å². The lowest BCUT2D eigenvalue weighted by molar-refractivity contribution is 0.192. The number of benzene rings is 1. The largest absolute Gasteiger partial charge is 0.298 e. The van der Waals surface area contributed by atoms with E-state index in [2.05, 4.69) is 11.0 Å². The molecule has 90 valence electrons. The minimum Gasteiger partial charge on any atom is -0.298 e. The summed E-state index contributed by atoms with van der Waals surface area (Å²) in [7, 11) is 0. The van der Waals surface area contributed by atoms with Crippen molar-refractivity contribution in [2.45, 2.75) is 19.4 Å². The molecule has 1 aromatic rings. The molecule has 0 bridgehead atoms. The number of rotatable bonds is 2. The summed E-state index contributed by atoms with van der Waals surface area (Å²) in [5, 5.41) is 8.87. The number of likely N-dealkylation sites (tertiary alicyclic amines) is 1. The molecule has 1 unspecified atom stereocenters. The molecule has 1 saturated heterocycles. The normalized spacial score (nSPS) is 21.1. The van der Waals surface area contributed by atoms with Gasteiger partial charge in [-0.25, -0.2) is 8.78 Å². The quantitative estimate of drug-likeness (QED) is 0.789. The summed E-state index contributed by atoms with van der Waals surface area (Å²) < 4.78 is 25.8. The third-order valence-electron chi connectivity index (χ3n) is 3.08. The molecular formula is C13H14F2N2. The first kappa shape index (κ1) is 12.0. The molecule has 1 aliphatic rings. The molecule has 0 spiro atoms. The van der Waals surface area contributed by atoms with Crippen LogP contribution in [-0.4, -0.2) is 18.0 Å². The van der Waals surface area contributed by atoms with Crippen molar-refractivity contribution in [1.82, 2.24) is 4.90 Å². The molecule has 0 N–H and O–H groups in total. The molecule has 0 aromatic heterocycles. The van der Waals surface area contributed by atoms with Crippen LogP contribution in [0.4, 0.5) is 8.78 Å². The smallest absolute Gasteiger partial charge is 0.159 e. The first-order valence-electron chi connectivity index (χ1n) is 5.75. The van der Waals surface area contributed by atoms with Crippen molar-refractivity contribution in [3.05, 3.63) is 35.4 Å². The standard InChI is InChI=1S/C13H14F2N2/c14-12-4-3-10(6-13(12)15)8-17-5-1-2-11(7-16)9-17/h3-4,6,11H,1-2,5,8-9H2. The van der Waals surface area contributed by atoms with E-state index >= 15 is 0 Å². The molecule has 0 aliphatic carbocycles. The number of hydrogen-bond donors (Lipinski definition) is 0. The second-order valence-corrected chi connectivity index (χ2v) is 4.45. The van der Waals surface area contributed by atoms with Crippen LogP contribution in [0.2, 0.25) is 0 Å². The van der Waals surface area contributed by atoms with Crippen molar-refractivity contribution in [2.75, 3.05) is 13.1 Å². The maximum absolute atomic E-state index is 13.0. The van der Waals surface area contributed by atoms with Crippen molar-refractivity contribution in [3.8, 4) is 6.07 Å². The third kappa shape index (κ3) is 3.01. The number of piperidine rings is 1. The van der Waals surface area contributed by atoms with Gasteiger partial charge in [0, 0.05) is 13.1 Å². The molecule has 1 aliphatic heterocycles. The fraction of sp³-hybridized carbons (Fsp3) is 0.462. The van der Waals surface area contributed by atoms with E-state index < -0.39 is 11.6 Å². The fourth-order valence-electron chi connectivity index (χ4n) is 2.20. The molecule has 2 rings (SSSR count). The number of nitrogens with zero attached hydrogens (tertiary/aromatic N) is 2. The zero-order valence-corrected chi connectivity index (χ0v) is 9.50. The highest BCUT2D eigenvalue weighted by Crippen LogP contribution is 2.18. The Morgan fingerprint density at radius 2 is 2.18 bits per heavy atom. The van der Waals surface area contributed by atoms with Gasteiger partial charge in [0.25, 0.3) is 0 Å². The monoisotopic (exact) mass is 236 g/mol. The predicted molar refractivity (Wildman–Crippen MR) is 60.0 cm³/mol. The molecule has 4 heteroatoms. The fourth-order valence-corrected chi connectivity index (χ4v) is 2.20. The zero-order chi connectivity index (χ0) is 12.3. The molecule has 2 nitrogen and oxygen atoms in total. The first-order valence-corrected chi connectivity index (χ1v) is 5.75. The molecule has 1 heterocycles. The summed E-state index contributed by atoms with van der Waals surface area (Å²) in [5.74, 6) is -1.56. The molecule has 1 atom stereocenters. The predicted octanol–water partition coefficient (Wildman–Crippen LogP) is 2.70.